The Morgan fingerprint density at radius 3 is 2.53 bits per heavy atom. The van der Waals surface area contributed by atoms with Crippen LogP contribution in [0.25, 0.3) is 0 Å². The van der Waals surface area contributed by atoms with Crippen LogP contribution in [-0.2, 0) is 17.5 Å². The number of halogens is 4. The number of nitrogens with two attached hydrogens (primary N) is 1. The summed E-state index contributed by atoms with van der Waals surface area (Å²) >= 11 is 6.35. The van der Waals surface area contributed by atoms with Crippen LogP contribution in [0.5, 0.6) is 0 Å². The fourth-order valence-electron chi connectivity index (χ4n) is 3.20. The van der Waals surface area contributed by atoms with Gasteiger partial charge >= 0.3 is 12.2 Å². The SMILES string of the molecule is COC1=NC(c2cc(CN)ccc2Cl)NC(c2ccc(C(F)(F)F)c(C(C)C)c2)=N1. The van der Waals surface area contributed by atoms with Crippen LogP contribution in [-0.4, -0.2) is 19.0 Å². The number of hydrogen-bond acceptors (Lipinski definition) is 5. The highest BCUT2D eigenvalue weighted by molar-refractivity contribution is 6.31. The third-order valence-electron chi connectivity index (χ3n) is 4.75. The van der Waals surface area contributed by atoms with E-state index in [0.717, 1.165) is 11.6 Å². The number of hydrogen-bond donors (Lipinski definition) is 2. The van der Waals surface area contributed by atoms with Crippen LogP contribution in [0.2, 0.25) is 5.02 Å². The number of ether oxygens (including phenoxy) is 1. The van der Waals surface area contributed by atoms with Crippen molar-refractivity contribution in [2.24, 2.45) is 15.7 Å². The van der Waals surface area contributed by atoms with Crippen molar-refractivity contribution in [3.05, 3.63) is 69.2 Å². The number of alkyl halides is 3. The summed E-state index contributed by atoms with van der Waals surface area (Å²) in [6.45, 7) is 3.76. The summed E-state index contributed by atoms with van der Waals surface area (Å²) in [5.74, 6) is 0.0181. The van der Waals surface area contributed by atoms with Crippen molar-refractivity contribution < 1.29 is 17.9 Å². The second kappa shape index (κ2) is 8.65. The second-order valence-corrected chi connectivity index (χ2v) is 7.54. The first kappa shape index (κ1) is 22.1. The van der Waals surface area contributed by atoms with E-state index >= 15 is 0 Å². The molecule has 2 aromatic carbocycles. The zero-order valence-corrected chi connectivity index (χ0v) is 17.5. The van der Waals surface area contributed by atoms with E-state index in [1.807, 2.05) is 12.1 Å². The summed E-state index contributed by atoms with van der Waals surface area (Å²) in [5.41, 5.74) is 7.28. The fraction of sp³-hybridized carbons (Fsp3) is 0.333. The van der Waals surface area contributed by atoms with Crippen molar-refractivity contribution in [1.82, 2.24) is 5.32 Å². The molecule has 3 rings (SSSR count). The zero-order valence-electron chi connectivity index (χ0n) is 16.7. The molecule has 0 fully saturated rings. The lowest BCUT2D eigenvalue weighted by atomic mass is 9.94. The summed E-state index contributed by atoms with van der Waals surface area (Å²) in [7, 11) is 1.42. The molecule has 0 aromatic heterocycles. The Labute approximate surface area is 177 Å². The van der Waals surface area contributed by atoms with E-state index < -0.39 is 17.9 Å². The third kappa shape index (κ3) is 4.60. The van der Waals surface area contributed by atoms with Gasteiger partial charge in [0.15, 0.2) is 6.17 Å². The van der Waals surface area contributed by atoms with Gasteiger partial charge in [-0.15, -0.1) is 0 Å². The number of methoxy groups -OCH3 is 1. The largest absolute Gasteiger partial charge is 0.467 e. The highest BCUT2D eigenvalue weighted by Gasteiger charge is 2.34. The number of benzene rings is 2. The van der Waals surface area contributed by atoms with Gasteiger partial charge in [-0.2, -0.15) is 18.2 Å². The topological polar surface area (TPSA) is 72.0 Å². The van der Waals surface area contributed by atoms with Gasteiger partial charge in [0.1, 0.15) is 5.84 Å². The molecule has 0 spiro atoms. The molecule has 1 unspecified atom stereocenters. The lowest BCUT2D eigenvalue weighted by Crippen LogP contribution is -2.34. The van der Waals surface area contributed by atoms with Crippen LogP contribution in [0.4, 0.5) is 13.2 Å². The Hall–Kier alpha value is -2.58. The van der Waals surface area contributed by atoms with E-state index in [1.54, 1.807) is 19.9 Å². The standard InChI is InChI=1S/C21H22ClF3N4O/c1-11(2)14-9-13(5-6-16(14)21(23,24)25)18-27-19(29-20(28-18)30-3)15-8-12(10-26)4-7-17(15)22/h4-9,11,19H,10,26H2,1-3H3,(H,27,28,29). The van der Waals surface area contributed by atoms with Gasteiger partial charge in [-0.1, -0.05) is 37.6 Å². The van der Waals surface area contributed by atoms with Crippen LogP contribution >= 0.6 is 11.6 Å². The maximum absolute atomic E-state index is 13.4. The summed E-state index contributed by atoms with van der Waals surface area (Å²) in [4.78, 5) is 8.68. The van der Waals surface area contributed by atoms with Gasteiger partial charge in [-0.25, -0.2) is 4.99 Å². The first-order valence-corrected chi connectivity index (χ1v) is 9.68. The maximum atomic E-state index is 13.4. The van der Waals surface area contributed by atoms with E-state index in [9.17, 15) is 13.2 Å². The molecule has 0 radical (unpaired) electrons. The molecule has 30 heavy (non-hydrogen) atoms. The Morgan fingerprint density at radius 2 is 1.93 bits per heavy atom. The average Bonchev–Trinajstić information content (AvgIpc) is 2.72. The van der Waals surface area contributed by atoms with E-state index in [1.165, 1.54) is 19.2 Å². The summed E-state index contributed by atoms with van der Waals surface area (Å²) in [5, 5.41) is 3.62. The molecule has 1 atom stereocenters. The van der Waals surface area contributed by atoms with Gasteiger partial charge in [-0.05, 0) is 41.3 Å². The van der Waals surface area contributed by atoms with Crippen LogP contribution in [0.15, 0.2) is 46.4 Å². The van der Waals surface area contributed by atoms with E-state index in [0.29, 0.717) is 28.5 Å². The monoisotopic (exact) mass is 438 g/mol. The molecule has 160 valence electrons. The van der Waals surface area contributed by atoms with Crippen LogP contribution in [0.1, 0.15) is 53.7 Å². The first-order valence-electron chi connectivity index (χ1n) is 9.31. The molecule has 0 aliphatic carbocycles. The molecule has 2 aromatic rings. The van der Waals surface area contributed by atoms with Crippen molar-refractivity contribution >= 4 is 23.5 Å². The summed E-state index contributed by atoms with van der Waals surface area (Å²) in [6.07, 6.45) is -5.06. The predicted molar refractivity (Wildman–Crippen MR) is 112 cm³/mol. The molecule has 0 bridgehead atoms. The Bertz CT molecular complexity index is 1000. The van der Waals surface area contributed by atoms with Gasteiger partial charge in [0.2, 0.25) is 0 Å². The molecule has 0 saturated carbocycles. The first-order chi connectivity index (χ1) is 14.1. The lowest BCUT2D eigenvalue weighted by molar-refractivity contribution is -0.138. The molecule has 0 amide bonds. The maximum Gasteiger partial charge on any atom is 0.416 e. The molecule has 1 aliphatic rings. The molecule has 3 N–H and O–H groups in total. The number of amidine groups is 2. The van der Waals surface area contributed by atoms with Gasteiger partial charge in [0, 0.05) is 22.7 Å². The second-order valence-electron chi connectivity index (χ2n) is 7.14. The summed E-state index contributed by atoms with van der Waals surface area (Å²) < 4.78 is 45.4. The molecule has 0 saturated heterocycles. The quantitative estimate of drug-likeness (QED) is 0.706. The van der Waals surface area contributed by atoms with Gasteiger partial charge in [0.25, 0.3) is 0 Å². The normalized spacial score (nSPS) is 16.8. The van der Waals surface area contributed by atoms with E-state index in [2.05, 4.69) is 15.3 Å². The average molecular weight is 439 g/mol. The lowest BCUT2D eigenvalue weighted by Gasteiger charge is -2.24. The van der Waals surface area contributed by atoms with Gasteiger partial charge < -0.3 is 15.8 Å². The third-order valence-corrected chi connectivity index (χ3v) is 5.09. The van der Waals surface area contributed by atoms with Crippen molar-refractivity contribution in [1.29, 1.82) is 0 Å². The van der Waals surface area contributed by atoms with E-state index in [-0.39, 0.29) is 17.5 Å². The molecular weight excluding hydrogens is 417 g/mol. The molecular formula is C21H22ClF3N4O. The molecule has 1 aliphatic heterocycles. The minimum absolute atomic E-state index is 0.0916. The number of aliphatic imine (C=N–C) groups is 2. The van der Waals surface area contributed by atoms with Crippen LogP contribution in [0, 0.1) is 0 Å². The molecule has 1 heterocycles. The van der Waals surface area contributed by atoms with Crippen LogP contribution < -0.4 is 11.1 Å². The zero-order chi connectivity index (χ0) is 22.1. The minimum Gasteiger partial charge on any atom is -0.467 e. The minimum atomic E-state index is -4.43. The van der Waals surface area contributed by atoms with Crippen molar-refractivity contribution in [3.8, 4) is 0 Å². The molecule has 9 heteroatoms. The van der Waals surface area contributed by atoms with E-state index in [4.69, 9.17) is 22.1 Å². The predicted octanol–water partition coefficient (Wildman–Crippen LogP) is 4.99. The van der Waals surface area contributed by atoms with Crippen molar-refractivity contribution in [3.63, 3.8) is 0 Å². The Morgan fingerprint density at radius 1 is 1.20 bits per heavy atom. The number of rotatable bonds is 4. The smallest absolute Gasteiger partial charge is 0.416 e. The number of nitrogens with one attached hydrogen (secondary N) is 1. The molecule has 5 nitrogen and oxygen atoms in total. The number of nitrogens with zero attached hydrogens (tertiary/aromatic N) is 2. The van der Waals surface area contributed by atoms with Crippen molar-refractivity contribution in [2.75, 3.05) is 7.11 Å². The Balaban J connectivity index is 2.04. The highest BCUT2D eigenvalue weighted by Crippen LogP contribution is 2.36. The highest BCUT2D eigenvalue weighted by atomic mass is 35.5. The van der Waals surface area contributed by atoms with Crippen LogP contribution in [0.3, 0.4) is 0 Å². The van der Waals surface area contributed by atoms with Gasteiger partial charge in [-0.3, -0.25) is 0 Å². The fourth-order valence-corrected chi connectivity index (χ4v) is 3.42. The summed E-state index contributed by atoms with van der Waals surface area (Å²) in [6, 6.07) is 9.41. The van der Waals surface area contributed by atoms with Crippen molar-refractivity contribution in [2.45, 2.75) is 38.7 Å². The Kier molecular flexibility index (Phi) is 6.38. The van der Waals surface area contributed by atoms with Gasteiger partial charge in [0.05, 0.1) is 12.7 Å².